The fraction of sp³-hybridized carbons (Fsp3) is 0.824. The van der Waals surface area contributed by atoms with Crippen LogP contribution < -0.4 is 10.6 Å². The van der Waals surface area contributed by atoms with Crippen LogP contribution in [0.1, 0.15) is 19.3 Å². The molecule has 1 unspecified atom stereocenters. The minimum atomic E-state index is -0.160. The van der Waals surface area contributed by atoms with Gasteiger partial charge >= 0.3 is 0 Å². The largest absolute Gasteiger partial charge is 0.379 e. The first-order valence-corrected chi connectivity index (χ1v) is 9.77. The van der Waals surface area contributed by atoms with Crippen molar-refractivity contribution in [3.8, 4) is 0 Å². The fourth-order valence-electron chi connectivity index (χ4n) is 1.81. The number of carbonyl (C=O) groups is 3. The topological polar surface area (TPSA) is 121 Å². The van der Waals surface area contributed by atoms with Gasteiger partial charge in [0.05, 0.1) is 59.5 Å². The highest BCUT2D eigenvalue weighted by Gasteiger charge is 2.01. The first kappa shape index (κ1) is 26.8. The summed E-state index contributed by atoms with van der Waals surface area (Å²) in [5.41, 5.74) is 0. The van der Waals surface area contributed by atoms with Crippen molar-refractivity contribution in [2.75, 3.05) is 72.6 Å². The van der Waals surface area contributed by atoms with E-state index in [9.17, 15) is 14.4 Å². The number of nitrogens with one attached hydrogen (secondary N) is 2. The summed E-state index contributed by atoms with van der Waals surface area (Å²) < 4.78 is 25.9. The van der Waals surface area contributed by atoms with Gasteiger partial charge in [0.2, 0.25) is 11.8 Å². The van der Waals surface area contributed by atoms with E-state index < -0.39 is 0 Å². The molecule has 0 aliphatic carbocycles. The molecule has 0 heterocycles. The van der Waals surface area contributed by atoms with Crippen LogP contribution in [0.15, 0.2) is 0 Å². The van der Waals surface area contributed by atoms with E-state index in [1.54, 1.807) is 0 Å². The number of ether oxygens (including phenoxy) is 4. The lowest BCUT2D eigenvalue weighted by atomic mass is 10.3. The van der Waals surface area contributed by atoms with Gasteiger partial charge in [-0.2, -0.15) is 0 Å². The highest BCUT2D eigenvalue weighted by atomic mass is 31.0. The second kappa shape index (κ2) is 22.1. The standard InChI is InChI=1S/C17H33N2O8P/c20-6-1-2-16(21)18-4-8-24-11-13-26-12-10-23-7-3-17(22)19-5-9-25-14-15-27-28/h6H,1-5,7-15,28H2,(H,18,21)(H,19,22). The van der Waals surface area contributed by atoms with Gasteiger partial charge in [0.25, 0.3) is 0 Å². The molecule has 2 N–H and O–H groups in total. The van der Waals surface area contributed by atoms with Crippen LogP contribution in [0.2, 0.25) is 0 Å². The van der Waals surface area contributed by atoms with Crippen LogP contribution in [0, 0.1) is 0 Å². The maximum atomic E-state index is 11.5. The van der Waals surface area contributed by atoms with Crippen LogP contribution in [0.3, 0.4) is 0 Å². The Morgan fingerprint density at radius 1 is 0.679 bits per heavy atom. The molecule has 164 valence electrons. The average Bonchev–Trinajstić information content (AvgIpc) is 2.69. The Labute approximate surface area is 168 Å². The summed E-state index contributed by atoms with van der Waals surface area (Å²) in [6, 6.07) is 0. The third-order valence-corrected chi connectivity index (χ3v) is 3.43. The van der Waals surface area contributed by atoms with Gasteiger partial charge in [-0.05, 0) is 0 Å². The molecule has 10 nitrogen and oxygen atoms in total. The van der Waals surface area contributed by atoms with Gasteiger partial charge in [-0.25, -0.2) is 0 Å². The van der Waals surface area contributed by atoms with E-state index >= 15 is 0 Å². The number of hydrogen-bond acceptors (Lipinski definition) is 8. The smallest absolute Gasteiger partial charge is 0.222 e. The van der Waals surface area contributed by atoms with E-state index in [1.165, 1.54) is 0 Å². The SMILES string of the molecule is O=CCCC(=O)NCCOCCOCCOCCC(=O)NCCOCCOP. The summed E-state index contributed by atoms with van der Waals surface area (Å²) >= 11 is 0. The van der Waals surface area contributed by atoms with Crippen molar-refractivity contribution < 1.29 is 37.9 Å². The van der Waals surface area contributed by atoms with Crippen molar-refractivity contribution in [2.45, 2.75) is 19.3 Å². The molecule has 0 bridgehead atoms. The minimum absolute atomic E-state index is 0.0848. The molecule has 0 fully saturated rings. The number of rotatable bonds is 21. The molecule has 1 atom stereocenters. The Morgan fingerprint density at radius 3 is 1.68 bits per heavy atom. The van der Waals surface area contributed by atoms with E-state index in [0.29, 0.717) is 78.8 Å². The van der Waals surface area contributed by atoms with Gasteiger partial charge in [0, 0.05) is 41.8 Å². The maximum absolute atomic E-state index is 11.5. The molecule has 28 heavy (non-hydrogen) atoms. The second-order valence-electron chi connectivity index (χ2n) is 5.48. The van der Waals surface area contributed by atoms with Crippen LogP contribution in [-0.2, 0) is 37.9 Å². The van der Waals surface area contributed by atoms with Crippen molar-refractivity contribution in [1.29, 1.82) is 0 Å². The van der Waals surface area contributed by atoms with Crippen molar-refractivity contribution >= 4 is 27.6 Å². The van der Waals surface area contributed by atoms with Crippen molar-refractivity contribution in [3.05, 3.63) is 0 Å². The Kier molecular flexibility index (Phi) is 21.2. The van der Waals surface area contributed by atoms with E-state index in [0.717, 1.165) is 0 Å². The van der Waals surface area contributed by atoms with E-state index in [2.05, 4.69) is 20.1 Å². The number of aldehydes is 1. The van der Waals surface area contributed by atoms with Crippen LogP contribution in [-0.4, -0.2) is 90.7 Å². The van der Waals surface area contributed by atoms with Gasteiger partial charge in [0.1, 0.15) is 6.29 Å². The van der Waals surface area contributed by atoms with Crippen molar-refractivity contribution in [1.82, 2.24) is 10.6 Å². The van der Waals surface area contributed by atoms with Crippen molar-refractivity contribution in [2.24, 2.45) is 0 Å². The van der Waals surface area contributed by atoms with Crippen molar-refractivity contribution in [3.63, 3.8) is 0 Å². The van der Waals surface area contributed by atoms with Gasteiger partial charge in [0.15, 0.2) is 0 Å². The van der Waals surface area contributed by atoms with E-state index in [1.807, 2.05) is 0 Å². The summed E-state index contributed by atoms with van der Waals surface area (Å²) in [5, 5.41) is 5.38. The summed E-state index contributed by atoms with van der Waals surface area (Å²) in [5.74, 6) is -0.245. The van der Waals surface area contributed by atoms with Crippen LogP contribution in [0.4, 0.5) is 0 Å². The van der Waals surface area contributed by atoms with Gasteiger partial charge in [-0.15, -0.1) is 0 Å². The predicted octanol–water partition coefficient (Wildman–Crippen LogP) is -0.539. The molecule has 0 aromatic carbocycles. The first-order chi connectivity index (χ1) is 13.7. The lowest BCUT2D eigenvalue weighted by Gasteiger charge is -2.08. The molecular formula is C17H33N2O8P. The first-order valence-electron chi connectivity index (χ1n) is 9.30. The molecule has 0 spiro atoms. The Hall–Kier alpha value is -1.16. The van der Waals surface area contributed by atoms with E-state index in [-0.39, 0.29) is 31.1 Å². The predicted molar refractivity (Wildman–Crippen MR) is 105 cm³/mol. The number of hydrogen-bond donors (Lipinski definition) is 2. The highest BCUT2D eigenvalue weighted by Crippen LogP contribution is 1.87. The van der Waals surface area contributed by atoms with Gasteiger partial charge < -0.3 is 38.9 Å². The molecule has 0 saturated carbocycles. The normalized spacial score (nSPS) is 10.6. The average molecular weight is 424 g/mol. The summed E-state index contributed by atoms with van der Waals surface area (Å²) in [6.45, 7) is 4.68. The quantitative estimate of drug-likeness (QED) is 0.143. The highest BCUT2D eigenvalue weighted by molar-refractivity contribution is 7.09. The molecule has 0 rings (SSSR count). The van der Waals surface area contributed by atoms with E-state index in [4.69, 9.17) is 23.5 Å². The minimum Gasteiger partial charge on any atom is -0.379 e. The molecule has 2 amide bonds. The second-order valence-corrected chi connectivity index (χ2v) is 5.81. The number of carbonyl (C=O) groups excluding carboxylic acids is 3. The van der Waals surface area contributed by atoms with Crippen LogP contribution in [0.25, 0.3) is 0 Å². The third-order valence-electron chi connectivity index (χ3n) is 3.19. The summed E-state index contributed by atoms with van der Waals surface area (Å²) in [6.07, 6.45) is 1.44. The monoisotopic (exact) mass is 424 g/mol. The molecule has 0 aliphatic heterocycles. The molecular weight excluding hydrogens is 391 g/mol. The zero-order chi connectivity index (χ0) is 20.7. The molecule has 0 aliphatic rings. The zero-order valence-electron chi connectivity index (χ0n) is 16.3. The number of amides is 2. The molecule has 0 aromatic heterocycles. The maximum Gasteiger partial charge on any atom is 0.222 e. The Bertz CT molecular complexity index is 401. The molecule has 0 aromatic rings. The van der Waals surface area contributed by atoms with Crippen LogP contribution in [0.5, 0.6) is 0 Å². The lowest BCUT2D eigenvalue weighted by molar-refractivity contribution is -0.123. The summed E-state index contributed by atoms with van der Waals surface area (Å²) in [4.78, 5) is 32.8. The van der Waals surface area contributed by atoms with Crippen LogP contribution >= 0.6 is 9.47 Å². The van der Waals surface area contributed by atoms with Gasteiger partial charge in [-0.3, -0.25) is 9.59 Å². The van der Waals surface area contributed by atoms with Gasteiger partial charge in [-0.1, -0.05) is 0 Å². The summed E-state index contributed by atoms with van der Waals surface area (Å²) in [7, 11) is 2.15. The molecule has 11 heteroatoms. The lowest BCUT2D eigenvalue weighted by Crippen LogP contribution is -2.28. The third kappa shape index (κ3) is 21.1. The molecule has 0 radical (unpaired) electrons. The zero-order valence-corrected chi connectivity index (χ0v) is 17.5. The Balaban J connectivity index is 3.19. The molecule has 0 saturated heterocycles. The fourth-order valence-corrected chi connectivity index (χ4v) is 1.90. The Morgan fingerprint density at radius 2 is 1.14 bits per heavy atom.